The first-order chi connectivity index (χ1) is 21.7. The van der Waals surface area contributed by atoms with Gasteiger partial charge in [0.05, 0.1) is 78.7 Å². The molecule has 0 radical (unpaired) electrons. The summed E-state index contributed by atoms with van der Waals surface area (Å²) < 4.78 is 26.9. The minimum Gasteiger partial charge on any atom is -0.379 e. The van der Waals surface area contributed by atoms with Gasteiger partial charge in [0.15, 0.2) is 0 Å². The van der Waals surface area contributed by atoms with Gasteiger partial charge >= 0.3 is 11.9 Å². The Bertz CT molecular complexity index is 921. The molecule has 0 aromatic heterocycles. The maximum Gasteiger partial charge on any atom is 0.334 e. The fraction of sp³-hybridized carbons (Fsp3) is 0.750. The lowest BCUT2D eigenvalue weighted by Gasteiger charge is -2.23. The molecule has 45 heavy (non-hydrogen) atoms. The molecule has 17 heteroatoms. The second kappa shape index (κ2) is 22.1. The summed E-state index contributed by atoms with van der Waals surface area (Å²) in [4.78, 5) is 94.9. The number of rotatable bonds is 25. The van der Waals surface area contributed by atoms with Crippen LogP contribution in [0.15, 0.2) is 0 Å². The van der Waals surface area contributed by atoms with Crippen LogP contribution in [0.1, 0.15) is 58.3 Å². The van der Waals surface area contributed by atoms with E-state index in [2.05, 4.69) is 0 Å². The van der Waals surface area contributed by atoms with Gasteiger partial charge in [-0.05, 0) is 6.42 Å². The molecule has 2 saturated heterocycles. The van der Waals surface area contributed by atoms with E-state index in [1.165, 1.54) is 4.90 Å². The van der Waals surface area contributed by atoms with Crippen LogP contribution in [0.25, 0.3) is 0 Å². The Balaban J connectivity index is 1.65. The highest BCUT2D eigenvalue weighted by molar-refractivity contribution is 6.02. The van der Waals surface area contributed by atoms with Crippen molar-refractivity contribution in [2.75, 3.05) is 79.2 Å². The standard InChI is InChI=1S/C28H43N3O14/c1-2-12-39-14-16-41-18-20-43-21-19-42-17-15-40-13-9-22(32)29(10-7-27(37)44-30-23(33)3-4-24(30)34)11-8-28(38)45-31-25(35)5-6-26(31)36/h2-21H2,1H3. The third kappa shape index (κ3) is 15.4. The van der Waals surface area contributed by atoms with Crippen molar-refractivity contribution in [3.63, 3.8) is 0 Å². The van der Waals surface area contributed by atoms with Crippen LogP contribution < -0.4 is 0 Å². The molecule has 2 fully saturated rings. The Labute approximate surface area is 261 Å². The molecule has 0 atom stereocenters. The lowest BCUT2D eigenvalue weighted by atomic mass is 10.3. The Morgan fingerprint density at radius 3 is 1.22 bits per heavy atom. The average Bonchev–Trinajstić information content (AvgIpc) is 3.50. The topological polar surface area (TPSA) is 194 Å². The first-order valence-electron chi connectivity index (χ1n) is 15.0. The largest absolute Gasteiger partial charge is 0.379 e. The van der Waals surface area contributed by atoms with E-state index in [1.807, 2.05) is 6.92 Å². The highest BCUT2D eigenvalue weighted by Crippen LogP contribution is 2.14. The molecule has 0 aliphatic carbocycles. The second-order valence-electron chi connectivity index (χ2n) is 9.78. The summed E-state index contributed by atoms with van der Waals surface area (Å²) in [6.45, 7) is 5.55. The molecule has 2 heterocycles. The molecular weight excluding hydrogens is 602 g/mol. The molecular formula is C28H43N3O14. The van der Waals surface area contributed by atoms with Crippen molar-refractivity contribution in [1.82, 2.24) is 15.0 Å². The van der Waals surface area contributed by atoms with Gasteiger partial charge in [-0.3, -0.25) is 24.0 Å². The Morgan fingerprint density at radius 2 is 0.867 bits per heavy atom. The Morgan fingerprint density at radius 1 is 0.533 bits per heavy atom. The number of hydrogen-bond acceptors (Lipinski definition) is 14. The fourth-order valence-electron chi connectivity index (χ4n) is 3.87. The van der Waals surface area contributed by atoms with Gasteiger partial charge in [0.2, 0.25) is 5.91 Å². The van der Waals surface area contributed by atoms with Crippen molar-refractivity contribution in [2.45, 2.75) is 58.3 Å². The van der Waals surface area contributed by atoms with Crippen LogP contribution >= 0.6 is 0 Å². The van der Waals surface area contributed by atoms with Crippen molar-refractivity contribution >= 4 is 41.5 Å². The smallest absolute Gasteiger partial charge is 0.334 e. The molecule has 0 N–H and O–H groups in total. The van der Waals surface area contributed by atoms with E-state index < -0.39 is 41.5 Å². The molecule has 0 aromatic carbocycles. The van der Waals surface area contributed by atoms with Gasteiger partial charge in [-0.25, -0.2) is 9.59 Å². The third-order valence-electron chi connectivity index (χ3n) is 6.22. The molecule has 0 aromatic rings. The average molecular weight is 646 g/mol. The van der Waals surface area contributed by atoms with Crippen molar-refractivity contribution in [3.05, 3.63) is 0 Å². The molecule has 0 spiro atoms. The molecule has 17 nitrogen and oxygen atoms in total. The van der Waals surface area contributed by atoms with Crippen LogP contribution in [-0.2, 0) is 66.9 Å². The lowest BCUT2D eigenvalue weighted by Crippen LogP contribution is -2.38. The Kier molecular flexibility index (Phi) is 18.5. The zero-order chi connectivity index (χ0) is 32.9. The van der Waals surface area contributed by atoms with E-state index in [1.54, 1.807) is 0 Å². The molecule has 5 amide bonds. The molecule has 2 aliphatic rings. The minimum absolute atomic E-state index is 0.0248. The van der Waals surface area contributed by atoms with Gasteiger partial charge in [0.1, 0.15) is 0 Å². The molecule has 2 rings (SSSR count). The van der Waals surface area contributed by atoms with Crippen molar-refractivity contribution in [1.29, 1.82) is 0 Å². The monoisotopic (exact) mass is 645 g/mol. The number of ether oxygens (including phenoxy) is 5. The maximum atomic E-state index is 12.9. The zero-order valence-corrected chi connectivity index (χ0v) is 25.7. The fourth-order valence-corrected chi connectivity index (χ4v) is 3.87. The van der Waals surface area contributed by atoms with E-state index in [4.69, 9.17) is 33.4 Å². The summed E-state index contributed by atoms with van der Waals surface area (Å²) >= 11 is 0. The number of hydroxylamine groups is 4. The predicted molar refractivity (Wildman–Crippen MR) is 149 cm³/mol. The zero-order valence-electron chi connectivity index (χ0n) is 25.7. The number of carbonyl (C=O) groups excluding carboxylic acids is 7. The summed E-state index contributed by atoms with van der Waals surface area (Å²) in [7, 11) is 0. The predicted octanol–water partition coefficient (Wildman–Crippen LogP) is -0.307. The van der Waals surface area contributed by atoms with Crippen LogP contribution in [0.4, 0.5) is 0 Å². The summed E-state index contributed by atoms with van der Waals surface area (Å²) in [5.41, 5.74) is 0. The van der Waals surface area contributed by atoms with Crippen LogP contribution in [0.2, 0.25) is 0 Å². The van der Waals surface area contributed by atoms with Crippen molar-refractivity contribution in [3.8, 4) is 0 Å². The first-order valence-corrected chi connectivity index (χ1v) is 15.0. The van der Waals surface area contributed by atoms with Gasteiger partial charge in [-0.1, -0.05) is 6.92 Å². The van der Waals surface area contributed by atoms with E-state index in [9.17, 15) is 33.6 Å². The summed E-state index contributed by atoms with van der Waals surface area (Å²) in [6.07, 6.45) is -0.140. The normalized spacial score (nSPS) is 14.9. The molecule has 0 unspecified atom stereocenters. The SMILES string of the molecule is CCCOCCOCCOCCOCCOCCC(=O)N(CCC(=O)ON1C(=O)CCC1=O)CCC(=O)ON1C(=O)CCC1=O. The van der Waals surface area contributed by atoms with Crippen molar-refractivity contribution < 1.29 is 66.9 Å². The summed E-state index contributed by atoms with van der Waals surface area (Å²) in [5.74, 6) is -4.88. The van der Waals surface area contributed by atoms with Crippen LogP contribution in [0.5, 0.6) is 0 Å². The van der Waals surface area contributed by atoms with Gasteiger partial charge < -0.3 is 38.3 Å². The molecule has 2 aliphatic heterocycles. The molecule has 0 saturated carbocycles. The second-order valence-corrected chi connectivity index (χ2v) is 9.78. The maximum absolute atomic E-state index is 12.9. The number of hydrogen-bond donors (Lipinski definition) is 0. The first kappa shape index (κ1) is 37.7. The summed E-state index contributed by atoms with van der Waals surface area (Å²) in [6, 6.07) is 0. The van der Waals surface area contributed by atoms with Gasteiger partial charge in [-0.15, -0.1) is 10.1 Å². The quantitative estimate of drug-likeness (QED) is 0.0927. The van der Waals surface area contributed by atoms with E-state index in [-0.39, 0.29) is 77.9 Å². The number of amides is 5. The number of nitrogens with zero attached hydrogens (tertiary/aromatic N) is 3. The van der Waals surface area contributed by atoms with E-state index in [0.29, 0.717) is 49.8 Å². The van der Waals surface area contributed by atoms with E-state index in [0.717, 1.165) is 13.0 Å². The van der Waals surface area contributed by atoms with Crippen molar-refractivity contribution in [2.24, 2.45) is 0 Å². The van der Waals surface area contributed by atoms with E-state index >= 15 is 0 Å². The van der Waals surface area contributed by atoms with Crippen LogP contribution in [0, 0.1) is 0 Å². The highest BCUT2D eigenvalue weighted by atomic mass is 16.7. The third-order valence-corrected chi connectivity index (χ3v) is 6.22. The van der Waals surface area contributed by atoms with Gasteiger partial charge in [0.25, 0.3) is 23.6 Å². The lowest BCUT2D eigenvalue weighted by molar-refractivity contribution is -0.198. The van der Waals surface area contributed by atoms with Gasteiger partial charge in [0, 0.05) is 45.4 Å². The number of imide groups is 2. The highest BCUT2D eigenvalue weighted by Gasteiger charge is 2.34. The minimum atomic E-state index is -0.922. The number of carbonyl (C=O) groups is 7. The Hall–Kier alpha value is -3.51. The molecule has 0 bridgehead atoms. The van der Waals surface area contributed by atoms with Crippen LogP contribution in [-0.4, -0.2) is 136 Å². The van der Waals surface area contributed by atoms with Gasteiger partial charge in [-0.2, -0.15) is 0 Å². The van der Waals surface area contributed by atoms with Crippen LogP contribution in [0.3, 0.4) is 0 Å². The molecule has 254 valence electrons. The summed E-state index contributed by atoms with van der Waals surface area (Å²) in [5, 5.41) is 0.803.